The molecule has 3 heterocycles. The van der Waals surface area contributed by atoms with E-state index in [1.807, 2.05) is 29.2 Å². The van der Waals surface area contributed by atoms with Crippen molar-refractivity contribution in [2.45, 2.75) is 26.1 Å². The zero-order valence-electron chi connectivity index (χ0n) is 18.1. The van der Waals surface area contributed by atoms with Gasteiger partial charge in [-0.3, -0.25) is 14.3 Å². The summed E-state index contributed by atoms with van der Waals surface area (Å²) in [5, 5.41) is 5.42. The van der Waals surface area contributed by atoms with Crippen molar-refractivity contribution in [2.75, 3.05) is 20.2 Å². The number of fused-ring (bicyclic) bond motifs is 3. The second kappa shape index (κ2) is 8.72. The number of ether oxygens (including phenoxy) is 1. The molecule has 0 bridgehead atoms. The predicted molar refractivity (Wildman–Crippen MR) is 125 cm³/mol. The molecule has 0 spiro atoms. The van der Waals surface area contributed by atoms with E-state index in [0.29, 0.717) is 60.4 Å². The Morgan fingerprint density at radius 2 is 1.85 bits per heavy atom. The van der Waals surface area contributed by atoms with Crippen LogP contribution in [-0.2, 0) is 26.1 Å². The van der Waals surface area contributed by atoms with Gasteiger partial charge in [0, 0.05) is 37.2 Å². The normalized spacial score (nSPS) is 15.3. The summed E-state index contributed by atoms with van der Waals surface area (Å²) in [6.45, 7) is 2.60. The van der Waals surface area contributed by atoms with Crippen LogP contribution in [0.5, 0.6) is 5.75 Å². The van der Waals surface area contributed by atoms with E-state index >= 15 is 0 Å². The summed E-state index contributed by atoms with van der Waals surface area (Å²) < 4.78 is 7.01. The molecule has 3 aromatic rings. The topological polar surface area (TPSA) is 67.7 Å². The van der Waals surface area contributed by atoms with Crippen LogP contribution in [0.15, 0.2) is 42.5 Å². The summed E-state index contributed by atoms with van der Waals surface area (Å²) in [7, 11) is 1.63. The molecule has 0 fully saturated rings. The maximum absolute atomic E-state index is 13.4. The molecule has 2 aliphatic rings. The second-order valence-corrected chi connectivity index (χ2v) is 8.99. The number of nitrogens with zero attached hydrogens (tertiary/aromatic N) is 4. The van der Waals surface area contributed by atoms with Gasteiger partial charge in [-0.25, -0.2) is 0 Å². The Morgan fingerprint density at radius 1 is 1.06 bits per heavy atom. The molecule has 33 heavy (non-hydrogen) atoms. The van der Waals surface area contributed by atoms with Crippen LogP contribution >= 0.6 is 23.2 Å². The molecule has 2 aliphatic heterocycles. The molecule has 0 saturated carbocycles. The maximum Gasteiger partial charge on any atom is 0.272 e. The van der Waals surface area contributed by atoms with Gasteiger partial charge in [0.2, 0.25) is 0 Å². The van der Waals surface area contributed by atoms with Crippen LogP contribution in [-0.4, -0.2) is 51.6 Å². The summed E-state index contributed by atoms with van der Waals surface area (Å²) in [5.41, 5.74) is 3.81. The molecule has 0 aliphatic carbocycles. The standard InChI is InChI=1S/C24H22Cl2N4O3/c1-33-17-5-2-15(3-6-17)13-29-10-11-30-22(24(29)32)18-14-28(9-8-21(18)27-30)23(31)16-4-7-19(25)20(26)12-16/h2-7,12H,8-11,13-14H2,1H3. The van der Waals surface area contributed by atoms with Gasteiger partial charge in [0.25, 0.3) is 11.8 Å². The predicted octanol–water partition coefficient (Wildman–Crippen LogP) is 4.05. The van der Waals surface area contributed by atoms with Crippen molar-refractivity contribution in [3.8, 4) is 5.75 Å². The lowest BCUT2D eigenvalue weighted by atomic mass is 10.0. The van der Waals surface area contributed by atoms with Crippen LogP contribution in [0.2, 0.25) is 10.0 Å². The average molecular weight is 485 g/mol. The van der Waals surface area contributed by atoms with Crippen molar-refractivity contribution in [3.63, 3.8) is 0 Å². The Balaban J connectivity index is 1.37. The van der Waals surface area contributed by atoms with E-state index < -0.39 is 0 Å². The van der Waals surface area contributed by atoms with Crippen molar-refractivity contribution in [2.24, 2.45) is 0 Å². The Kier molecular flexibility index (Phi) is 5.76. The molecule has 170 valence electrons. The number of rotatable bonds is 4. The Labute approximate surface area is 201 Å². The number of carbonyl (C=O) groups is 2. The molecule has 5 rings (SSSR count). The lowest BCUT2D eigenvalue weighted by Crippen LogP contribution is -2.41. The molecule has 0 N–H and O–H groups in total. The molecule has 0 radical (unpaired) electrons. The second-order valence-electron chi connectivity index (χ2n) is 8.18. The highest BCUT2D eigenvalue weighted by atomic mass is 35.5. The van der Waals surface area contributed by atoms with Crippen LogP contribution in [0.1, 0.15) is 37.7 Å². The molecule has 2 amide bonds. The first-order valence-corrected chi connectivity index (χ1v) is 11.5. The number of hydrogen-bond donors (Lipinski definition) is 0. The third-order valence-corrected chi connectivity index (χ3v) is 6.90. The van der Waals surface area contributed by atoms with Gasteiger partial charge in [-0.15, -0.1) is 0 Å². The molecule has 0 unspecified atom stereocenters. The fraction of sp³-hybridized carbons (Fsp3) is 0.292. The summed E-state index contributed by atoms with van der Waals surface area (Å²) >= 11 is 12.1. The van der Waals surface area contributed by atoms with E-state index in [9.17, 15) is 9.59 Å². The number of halogens is 2. The van der Waals surface area contributed by atoms with Crippen LogP contribution in [0.4, 0.5) is 0 Å². The summed E-state index contributed by atoms with van der Waals surface area (Å²) in [5.74, 6) is 0.578. The van der Waals surface area contributed by atoms with E-state index in [2.05, 4.69) is 5.10 Å². The van der Waals surface area contributed by atoms with Crippen molar-refractivity contribution in [1.29, 1.82) is 0 Å². The Bertz CT molecular complexity index is 1240. The first kappa shape index (κ1) is 21.8. The minimum atomic E-state index is -0.141. The van der Waals surface area contributed by atoms with Crippen LogP contribution in [0.3, 0.4) is 0 Å². The van der Waals surface area contributed by atoms with Gasteiger partial charge in [0.05, 0.1) is 35.9 Å². The highest BCUT2D eigenvalue weighted by molar-refractivity contribution is 6.42. The quantitative estimate of drug-likeness (QED) is 0.559. The lowest BCUT2D eigenvalue weighted by Gasteiger charge is -2.30. The highest BCUT2D eigenvalue weighted by Crippen LogP contribution is 2.29. The minimum absolute atomic E-state index is 0.0605. The Morgan fingerprint density at radius 3 is 2.58 bits per heavy atom. The molecule has 0 saturated heterocycles. The van der Waals surface area contributed by atoms with Gasteiger partial charge in [-0.05, 0) is 35.9 Å². The minimum Gasteiger partial charge on any atom is -0.497 e. The number of hydrogen-bond acceptors (Lipinski definition) is 4. The van der Waals surface area contributed by atoms with Crippen molar-refractivity contribution >= 4 is 35.0 Å². The van der Waals surface area contributed by atoms with Crippen molar-refractivity contribution in [1.82, 2.24) is 19.6 Å². The van der Waals surface area contributed by atoms with Crippen LogP contribution in [0, 0.1) is 0 Å². The van der Waals surface area contributed by atoms with Crippen LogP contribution in [0.25, 0.3) is 0 Å². The van der Waals surface area contributed by atoms with Gasteiger partial charge in [-0.2, -0.15) is 5.10 Å². The average Bonchev–Trinajstić information content (AvgIpc) is 3.21. The maximum atomic E-state index is 13.4. The highest BCUT2D eigenvalue weighted by Gasteiger charge is 2.34. The SMILES string of the molecule is COc1ccc(CN2CCn3nc4c(c3C2=O)CN(C(=O)c2ccc(Cl)c(Cl)c2)CC4)cc1. The van der Waals surface area contributed by atoms with Gasteiger partial charge in [-0.1, -0.05) is 35.3 Å². The van der Waals surface area contributed by atoms with Crippen molar-refractivity contribution in [3.05, 3.63) is 80.6 Å². The third kappa shape index (κ3) is 4.07. The lowest BCUT2D eigenvalue weighted by molar-refractivity contribution is 0.0670. The van der Waals surface area contributed by atoms with E-state index in [1.165, 1.54) is 0 Å². The molecular weight excluding hydrogens is 463 g/mol. The molecule has 0 atom stereocenters. The van der Waals surface area contributed by atoms with E-state index in [-0.39, 0.29) is 11.8 Å². The number of benzene rings is 2. The van der Waals surface area contributed by atoms with E-state index in [1.54, 1.807) is 34.9 Å². The third-order valence-electron chi connectivity index (χ3n) is 6.16. The van der Waals surface area contributed by atoms with Gasteiger partial charge < -0.3 is 14.5 Å². The van der Waals surface area contributed by atoms with Gasteiger partial charge in [0.15, 0.2) is 0 Å². The molecule has 1 aromatic heterocycles. The largest absolute Gasteiger partial charge is 0.497 e. The zero-order chi connectivity index (χ0) is 23.1. The number of amides is 2. The number of methoxy groups -OCH3 is 1. The summed E-state index contributed by atoms with van der Waals surface area (Å²) in [6.07, 6.45) is 0.605. The molecular formula is C24H22Cl2N4O3. The monoisotopic (exact) mass is 484 g/mol. The first-order valence-electron chi connectivity index (χ1n) is 10.7. The first-order chi connectivity index (χ1) is 15.9. The van der Waals surface area contributed by atoms with E-state index in [4.69, 9.17) is 27.9 Å². The summed E-state index contributed by atoms with van der Waals surface area (Å²) in [6, 6.07) is 12.6. The number of aromatic nitrogens is 2. The van der Waals surface area contributed by atoms with Gasteiger partial charge >= 0.3 is 0 Å². The molecule has 7 nitrogen and oxygen atoms in total. The zero-order valence-corrected chi connectivity index (χ0v) is 19.6. The fourth-order valence-electron chi connectivity index (χ4n) is 4.38. The van der Waals surface area contributed by atoms with Gasteiger partial charge in [0.1, 0.15) is 11.4 Å². The van der Waals surface area contributed by atoms with E-state index in [0.717, 1.165) is 22.6 Å². The van der Waals surface area contributed by atoms with Crippen molar-refractivity contribution < 1.29 is 14.3 Å². The smallest absolute Gasteiger partial charge is 0.272 e. The fourth-order valence-corrected chi connectivity index (χ4v) is 4.68. The Hall–Kier alpha value is -3.03. The summed E-state index contributed by atoms with van der Waals surface area (Å²) in [4.78, 5) is 30.1. The van der Waals surface area contributed by atoms with Crippen LogP contribution < -0.4 is 4.74 Å². The molecule has 9 heteroatoms. The molecule has 2 aromatic carbocycles. The number of carbonyl (C=O) groups excluding carboxylic acids is 2.